The molecule has 3 unspecified atom stereocenters. The number of hydrogen-bond acceptors (Lipinski definition) is 3. The third kappa shape index (κ3) is 2.07. The van der Waals surface area contributed by atoms with Gasteiger partial charge in [0.05, 0.1) is 6.10 Å². The third-order valence-corrected chi connectivity index (χ3v) is 4.42. The van der Waals surface area contributed by atoms with E-state index >= 15 is 0 Å². The van der Waals surface area contributed by atoms with E-state index in [-0.39, 0.29) is 6.04 Å². The van der Waals surface area contributed by atoms with Gasteiger partial charge < -0.3 is 10.5 Å². The summed E-state index contributed by atoms with van der Waals surface area (Å²) in [5, 5.41) is 0. The molecule has 0 amide bonds. The number of nitrogens with two attached hydrogens (primary N) is 1. The molecule has 1 fully saturated rings. The monoisotopic (exact) mass is 246 g/mol. The molecule has 2 aliphatic rings. The van der Waals surface area contributed by atoms with Gasteiger partial charge in [0, 0.05) is 25.7 Å². The molecule has 1 aliphatic heterocycles. The van der Waals surface area contributed by atoms with Gasteiger partial charge in [0.2, 0.25) is 0 Å². The molecule has 3 nitrogen and oxygen atoms in total. The van der Waals surface area contributed by atoms with E-state index in [2.05, 4.69) is 29.2 Å². The SMILES string of the molecule is COC1CCCN(C2CC(N)c3ccccc32)C1. The minimum absolute atomic E-state index is 0.203. The molecule has 3 heteroatoms. The number of nitrogens with zero attached hydrogens (tertiary/aromatic N) is 1. The van der Waals surface area contributed by atoms with Crippen LogP contribution in [0.2, 0.25) is 0 Å². The first-order chi connectivity index (χ1) is 8.79. The zero-order chi connectivity index (χ0) is 12.5. The van der Waals surface area contributed by atoms with Crippen LogP contribution in [-0.2, 0) is 4.74 Å². The molecule has 1 aromatic carbocycles. The van der Waals surface area contributed by atoms with Gasteiger partial charge in [-0.25, -0.2) is 0 Å². The molecule has 0 radical (unpaired) electrons. The van der Waals surface area contributed by atoms with E-state index in [4.69, 9.17) is 10.5 Å². The van der Waals surface area contributed by atoms with Crippen LogP contribution in [0, 0.1) is 0 Å². The lowest BCUT2D eigenvalue weighted by molar-refractivity contribution is 0.0135. The molecule has 1 saturated heterocycles. The predicted molar refractivity (Wildman–Crippen MR) is 72.3 cm³/mol. The lowest BCUT2D eigenvalue weighted by Crippen LogP contribution is -2.41. The molecule has 3 atom stereocenters. The highest BCUT2D eigenvalue weighted by Crippen LogP contribution is 2.41. The summed E-state index contributed by atoms with van der Waals surface area (Å²) in [6.07, 6.45) is 3.86. The number of piperidine rings is 1. The van der Waals surface area contributed by atoms with Crippen LogP contribution in [0.1, 0.15) is 42.5 Å². The largest absolute Gasteiger partial charge is 0.380 e. The standard InChI is InChI=1S/C15H22N2O/c1-18-11-5-4-8-17(10-11)15-9-14(16)12-6-2-3-7-13(12)15/h2-3,6-7,11,14-15H,4-5,8-10,16H2,1H3. The van der Waals surface area contributed by atoms with E-state index in [0.29, 0.717) is 12.1 Å². The van der Waals surface area contributed by atoms with E-state index in [0.717, 1.165) is 13.0 Å². The molecule has 98 valence electrons. The van der Waals surface area contributed by atoms with Crippen LogP contribution >= 0.6 is 0 Å². The molecule has 1 aromatic rings. The highest BCUT2D eigenvalue weighted by molar-refractivity contribution is 5.37. The average molecular weight is 246 g/mol. The Labute approximate surface area is 109 Å². The van der Waals surface area contributed by atoms with Gasteiger partial charge >= 0.3 is 0 Å². The first kappa shape index (κ1) is 12.2. The third-order valence-electron chi connectivity index (χ3n) is 4.42. The number of likely N-dealkylation sites (tertiary alicyclic amines) is 1. The summed E-state index contributed by atoms with van der Waals surface area (Å²) < 4.78 is 5.52. The van der Waals surface area contributed by atoms with Crippen molar-refractivity contribution < 1.29 is 4.74 Å². The number of methoxy groups -OCH3 is 1. The molecule has 18 heavy (non-hydrogen) atoms. The maximum Gasteiger partial charge on any atom is 0.0698 e. The number of benzene rings is 1. The van der Waals surface area contributed by atoms with E-state index < -0.39 is 0 Å². The van der Waals surface area contributed by atoms with Crippen molar-refractivity contribution in [1.82, 2.24) is 4.90 Å². The second-order valence-electron chi connectivity index (χ2n) is 5.48. The molecule has 3 rings (SSSR count). The topological polar surface area (TPSA) is 38.5 Å². The minimum atomic E-state index is 0.203. The van der Waals surface area contributed by atoms with Gasteiger partial charge in [-0.15, -0.1) is 0 Å². The Morgan fingerprint density at radius 1 is 1.28 bits per heavy atom. The van der Waals surface area contributed by atoms with Crippen LogP contribution in [0.25, 0.3) is 0 Å². The summed E-state index contributed by atoms with van der Waals surface area (Å²) in [5.74, 6) is 0. The number of ether oxygens (including phenoxy) is 1. The fourth-order valence-electron chi connectivity index (χ4n) is 3.43. The van der Waals surface area contributed by atoms with Crippen molar-refractivity contribution >= 4 is 0 Å². The Morgan fingerprint density at radius 2 is 2.06 bits per heavy atom. The first-order valence-electron chi connectivity index (χ1n) is 6.91. The van der Waals surface area contributed by atoms with Crippen molar-refractivity contribution in [2.45, 2.75) is 37.5 Å². The average Bonchev–Trinajstić information content (AvgIpc) is 2.77. The summed E-state index contributed by atoms with van der Waals surface area (Å²) in [7, 11) is 1.82. The molecular formula is C15H22N2O. The van der Waals surface area contributed by atoms with Crippen LogP contribution in [0.15, 0.2) is 24.3 Å². The van der Waals surface area contributed by atoms with Gasteiger partial charge in [-0.05, 0) is 36.9 Å². The van der Waals surface area contributed by atoms with E-state index in [1.165, 1.54) is 30.5 Å². The molecule has 1 aliphatic carbocycles. The Hall–Kier alpha value is -0.900. The Balaban J connectivity index is 1.81. The Kier molecular flexibility index (Phi) is 3.37. The molecule has 0 bridgehead atoms. The zero-order valence-electron chi connectivity index (χ0n) is 11.0. The lowest BCUT2D eigenvalue weighted by atomic mass is 10.0. The zero-order valence-corrected chi connectivity index (χ0v) is 11.0. The predicted octanol–water partition coefficient (Wildman–Crippen LogP) is 2.24. The van der Waals surface area contributed by atoms with Crippen LogP contribution < -0.4 is 5.73 Å². The van der Waals surface area contributed by atoms with Gasteiger partial charge in [-0.3, -0.25) is 4.90 Å². The smallest absolute Gasteiger partial charge is 0.0698 e. The van der Waals surface area contributed by atoms with Gasteiger partial charge in [-0.1, -0.05) is 24.3 Å². The molecule has 2 N–H and O–H groups in total. The van der Waals surface area contributed by atoms with Crippen LogP contribution in [-0.4, -0.2) is 31.2 Å². The molecule has 0 saturated carbocycles. The second-order valence-corrected chi connectivity index (χ2v) is 5.48. The van der Waals surface area contributed by atoms with E-state index in [1.807, 2.05) is 7.11 Å². The fraction of sp³-hybridized carbons (Fsp3) is 0.600. The van der Waals surface area contributed by atoms with Crippen molar-refractivity contribution in [2.24, 2.45) is 5.73 Å². The fourth-order valence-corrected chi connectivity index (χ4v) is 3.43. The molecule has 0 spiro atoms. The van der Waals surface area contributed by atoms with Gasteiger partial charge in [-0.2, -0.15) is 0 Å². The Bertz CT molecular complexity index is 421. The summed E-state index contributed by atoms with van der Waals surface area (Å²) in [5.41, 5.74) is 9.02. The van der Waals surface area contributed by atoms with Crippen LogP contribution in [0.4, 0.5) is 0 Å². The van der Waals surface area contributed by atoms with Crippen LogP contribution in [0.3, 0.4) is 0 Å². The highest BCUT2D eigenvalue weighted by atomic mass is 16.5. The molecular weight excluding hydrogens is 224 g/mol. The van der Waals surface area contributed by atoms with Crippen molar-refractivity contribution in [1.29, 1.82) is 0 Å². The van der Waals surface area contributed by atoms with Gasteiger partial charge in [0.25, 0.3) is 0 Å². The minimum Gasteiger partial charge on any atom is -0.380 e. The normalized spacial score (nSPS) is 32.4. The summed E-state index contributed by atoms with van der Waals surface area (Å²) in [6.45, 7) is 2.22. The Morgan fingerprint density at radius 3 is 2.83 bits per heavy atom. The summed E-state index contributed by atoms with van der Waals surface area (Å²) in [4.78, 5) is 2.56. The van der Waals surface area contributed by atoms with Crippen molar-refractivity contribution in [3.05, 3.63) is 35.4 Å². The summed E-state index contributed by atoms with van der Waals surface area (Å²) in [6, 6.07) is 9.33. The van der Waals surface area contributed by atoms with Gasteiger partial charge in [0.1, 0.15) is 0 Å². The molecule has 0 aromatic heterocycles. The second kappa shape index (κ2) is 5.00. The number of hydrogen-bond donors (Lipinski definition) is 1. The summed E-state index contributed by atoms with van der Waals surface area (Å²) >= 11 is 0. The van der Waals surface area contributed by atoms with Crippen molar-refractivity contribution in [3.63, 3.8) is 0 Å². The maximum atomic E-state index is 6.25. The van der Waals surface area contributed by atoms with E-state index in [1.54, 1.807) is 0 Å². The van der Waals surface area contributed by atoms with E-state index in [9.17, 15) is 0 Å². The molecule has 1 heterocycles. The van der Waals surface area contributed by atoms with Crippen molar-refractivity contribution in [3.8, 4) is 0 Å². The number of fused-ring (bicyclic) bond motifs is 1. The van der Waals surface area contributed by atoms with Gasteiger partial charge in [0.15, 0.2) is 0 Å². The van der Waals surface area contributed by atoms with Crippen LogP contribution in [0.5, 0.6) is 0 Å². The quantitative estimate of drug-likeness (QED) is 0.869. The van der Waals surface area contributed by atoms with Crippen molar-refractivity contribution in [2.75, 3.05) is 20.2 Å². The highest BCUT2D eigenvalue weighted by Gasteiger charge is 2.34. The number of rotatable bonds is 2. The lowest BCUT2D eigenvalue weighted by Gasteiger charge is -2.36. The first-order valence-corrected chi connectivity index (χ1v) is 6.91. The maximum absolute atomic E-state index is 6.25.